The van der Waals surface area contributed by atoms with E-state index in [0.717, 1.165) is 0 Å². The van der Waals surface area contributed by atoms with Gasteiger partial charge in [-0.15, -0.1) is 0 Å². The van der Waals surface area contributed by atoms with Crippen LogP contribution in [0.25, 0.3) is 0 Å². The maximum atomic E-state index is 11.7. The summed E-state index contributed by atoms with van der Waals surface area (Å²) in [6, 6.07) is 3.32. The smallest absolute Gasteiger partial charge is 0.340 e. The lowest BCUT2D eigenvalue weighted by atomic mass is 10.2. The molecule has 0 aliphatic carbocycles. The van der Waals surface area contributed by atoms with E-state index in [1.54, 1.807) is 20.8 Å². The highest BCUT2D eigenvalue weighted by Crippen LogP contribution is 2.19. The highest BCUT2D eigenvalue weighted by molar-refractivity contribution is 5.89. The van der Waals surface area contributed by atoms with Gasteiger partial charge in [0, 0.05) is 6.20 Å². The second-order valence-corrected chi connectivity index (χ2v) is 4.39. The van der Waals surface area contributed by atoms with Crippen molar-refractivity contribution in [3.05, 3.63) is 23.5 Å². The molecule has 0 spiro atoms. The van der Waals surface area contributed by atoms with Crippen LogP contribution in [0.3, 0.4) is 0 Å². The van der Waals surface area contributed by atoms with Crippen molar-refractivity contribution in [2.24, 2.45) is 0 Å². The van der Waals surface area contributed by atoms with E-state index in [1.807, 2.05) is 6.07 Å². The molecule has 0 N–H and O–H groups in total. The highest BCUT2D eigenvalue weighted by atomic mass is 16.6. The molecule has 0 unspecified atom stereocenters. The number of carbonyl (C=O) groups excluding carboxylic acids is 1. The fourth-order valence-corrected chi connectivity index (χ4v) is 1.13. The van der Waals surface area contributed by atoms with E-state index < -0.39 is 11.6 Å². The average Bonchev–Trinajstić information content (AvgIpc) is 2.25. The molecule has 1 rings (SSSR count). The summed E-state index contributed by atoms with van der Waals surface area (Å²) in [5.74, 6) is -0.233. The van der Waals surface area contributed by atoms with E-state index in [9.17, 15) is 4.79 Å². The third kappa shape index (κ3) is 3.45. The maximum absolute atomic E-state index is 11.7. The van der Waals surface area contributed by atoms with Gasteiger partial charge in [-0.1, -0.05) is 0 Å². The monoisotopic (exact) mass is 234 g/mol. The largest absolute Gasteiger partial charge is 0.494 e. The van der Waals surface area contributed by atoms with Crippen LogP contribution in [-0.2, 0) is 4.74 Å². The summed E-state index contributed by atoms with van der Waals surface area (Å²) in [5, 5.41) is 8.76. The third-order valence-electron chi connectivity index (χ3n) is 1.81. The first-order valence-corrected chi connectivity index (χ1v) is 5.05. The molecule has 0 amide bonds. The van der Waals surface area contributed by atoms with Crippen molar-refractivity contribution >= 4 is 5.97 Å². The number of esters is 1. The molecule has 90 valence electrons. The Balaban J connectivity index is 3.01. The van der Waals surface area contributed by atoms with Gasteiger partial charge in [-0.3, -0.25) is 0 Å². The summed E-state index contributed by atoms with van der Waals surface area (Å²) >= 11 is 0. The number of nitriles is 1. The summed E-state index contributed by atoms with van der Waals surface area (Å²) in [5.41, 5.74) is -0.173. The minimum Gasteiger partial charge on any atom is -0.494 e. The SMILES string of the molecule is COc1cc(C(=O)OC(C)(C)C)cnc1C#N. The fraction of sp³-hybridized carbons (Fsp3) is 0.417. The van der Waals surface area contributed by atoms with Crippen LogP contribution in [0.1, 0.15) is 36.8 Å². The van der Waals surface area contributed by atoms with Crippen LogP contribution < -0.4 is 4.74 Å². The van der Waals surface area contributed by atoms with E-state index in [1.165, 1.54) is 19.4 Å². The van der Waals surface area contributed by atoms with Crippen LogP contribution in [0.5, 0.6) is 5.75 Å². The zero-order valence-electron chi connectivity index (χ0n) is 10.3. The number of hydrogen-bond acceptors (Lipinski definition) is 5. The summed E-state index contributed by atoms with van der Waals surface area (Å²) < 4.78 is 10.1. The maximum Gasteiger partial charge on any atom is 0.340 e. The van der Waals surface area contributed by atoms with Gasteiger partial charge in [0.2, 0.25) is 0 Å². The molecular weight excluding hydrogens is 220 g/mol. The summed E-state index contributed by atoms with van der Waals surface area (Å²) in [6.07, 6.45) is 1.30. The first-order valence-electron chi connectivity index (χ1n) is 5.05. The molecule has 1 aromatic rings. The Bertz CT molecular complexity index is 470. The van der Waals surface area contributed by atoms with Gasteiger partial charge in [0.25, 0.3) is 0 Å². The molecule has 0 saturated carbocycles. The highest BCUT2D eigenvalue weighted by Gasteiger charge is 2.19. The van der Waals surface area contributed by atoms with E-state index in [2.05, 4.69) is 4.98 Å². The lowest BCUT2D eigenvalue weighted by Gasteiger charge is -2.19. The van der Waals surface area contributed by atoms with Crippen molar-refractivity contribution in [1.29, 1.82) is 5.26 Å². The molecule has 0 saturated heterocycles. The van der Waals surface area contributed by atoms with Gasteiger partial charge in [-0.05, 0) is 26.8 Å². The first kappa shape index (κ1) is 13.0. The van der Waals surface area contributed by atoms with Gasteiger partial charge < -0.3 is 9.47 Å². The summed E-state index contributed by atoms with van der Waals surface area (Å²) in [4.78, 5) is 15.6. The minimum atomic E-state index is -0.571. The molecule has 0 radical (unpaired) electrons. The molecule has 0 bridgehead atoms. The van der Waals surface area contributed by atoms with Gasteiger partial charge >= 0.3 is 5.97 Å². The summed E-state index contributed by atoms with van der Waals surface area (Å²) in [6.45, 7) is 5.33. The van der Waals surface area contributed by atoms with Crippen LogP contribution in [0.2, 0.25) is 0 Å². The van der Waals surface area contributed by atoms with Crippen molar-refractivity contribution in [3.8, 4) is 11.8 Å². The van der Waals surface area contributed by atoms with E-state index in [-0.39, 0.29) is 17.0 Å². The van der Waals surface area contributed by atoms with Gasteiger partial charge in [0.05, 0.1) is 12.7 Å². The van der Waals surface area contributed by atoms with Gasteiger partial charge in [-0.2, -0.15) is 5.26 Å². The molecule has 1 aromatic heterocycles. The minimum absolute atomic E-state index is 0.139. The van der Waals surface area contributed by atoms with Crippen LogP contribution in [0.15, 0.2) is 12.3 Å². The zero-order valence-corrected chi connectivity index (χ0v) is 10.3. The van der Waals surface area contributed by atoms with Crippen LogP contribution in [-0.4, -0.2) is 23.7 Å². The first-order chi connectivity index (χ1) is 7.87. The number of methoxy groups -OCH3 is 1. The van der Waals surface area contributed by atoms with Crippen molar-refractivity contribution in [3.63, 3.8) is 0 Å². The zero-order chi connectivity index (χ0) is 13.1. The Morgan fingerprint density at radius 3 is 2.59 bits per heavy atom. The van der Waals surface area contributed by atoms with Crippen LogP contribution in [0, 0.1) is 11.3 Å². The number of hydrogen-bond donors (Lipinski definition) is 0. The van der Waals surface area contributed by atoms with Gasteiger partial charge in [0.15, 0.2) is 11.4 Å². The number of nitrogens with zero attached hydrogens (tertiary/aromatic N) is 2. The Labute approximate surface area is 100.0 Å². The van der Waals surface area contributed by atoms with E-state index in [4.69, 9.17) is 14.7 Å². The van der Waals surface area contributed by atoms with Crippen molar-refractivity contribution in [2.75, 3.05) is 7.11 Å². The normalized spacial score (nSPS) is 10.5. The van der Waals surface area contributed by atoms with E-state index >= 15 is 0 Å². The quantitative estimate of drug-likeness (QED) is 0.731. The third-order valence-corrected chi connectivity index (χ3v) is 1.81. The Hall–Kier alpha value is -2.09. The number of ether oxygens (including phenoxy) is 2. The van der Waals surface area contributed by atoms with Crippen molar-refractivity contribution < 1.29 is 14.3 Å². The molecule has 0 atom stereocenters. The van der Waals surface area contributed by atoms with Crippen LogP contribution >= 0.6 is 0 Å². The second-order valence-electron chi connectivity index (χ2n) is 4.39. The van der Waals surface area contributed by atoms with Crippen molar-refractivity contribution in [2.45, 2.75) is 26.4 Å². The second kappa shape index (κ2) is 4.83. The lowest BCUT2D eigenvalue weighted by Crippen LogP contribution is -2.24. The van der Waals surface area contributed by atoms with Crippen molar-refractivity contribution in [1.82, 2.24) is 4.98 Å². The number of carbonyl (C=O) groups is 1. The molecule has 17 heavy (non-hydrogen) atoms. The Morgan fingerprint density at radius 1 is 1.47 bits per heavy atom. The van der Waals surface area contributed by atoms with Crippen LogP contribution in [0.4, 0.5) is 0 Å². The predicted octanol–water partition coefficient (Wildman–Crippen LogP) is 1.92. The Morgan fingerprint density at radius 2 is 2.12 bits per heavy atom. The average molecular weight is 234 g/mol. The van der Waals surface area contributed by atoms with Gasteiger partial charge in [0.1, 0.15) is 11.7 Å². The number of rotatable bonds is 2. The Kier molecular flexibility index (Phi) is 3.69. The molecule has 0 fully saturated rings. The lowest BCUT2D eigenvalue weighted by molar-refractivity contribution is 0.00687. The van der Waals surface area contributed by atoms with E-state index in [0.29, 0.717) is 0 Å². The number of pyridine rings is 1. The molecule has 0 aliphatic rings. The summed E-state index contributed by atoms with van der Waals surface area (Å²) in [7, 11) is 1.41. The molecule has 0 aliphatic heterocycles. The standard InChI is InChI=1S/C12H14N2O3/c1-12(2,3)17-11(15)8-5-10(16-4)9(6-13)14-7-8/h5,7H,1-4H3. The van der Waals surface area contributed by atoms with Gasteiger partial charge in [-0.25, -0.2) is 9.78 Å². The molecule has 0 aromatic carbocycles. The molecular formula is C12H14N2O3. The molecule has 5 nitrogen and oxygen atoms in total. The molecule has 5 heteroatoms. The fourth-order valence-electron chi connectivity index (χ4n) is 1.13. The topological polar surface area (TPSA) is 72.2 Å². The predicted molar refractivity (Wildman–Crippen MR) is 60.7 cm³/mol. The molecule has 1 heterocycles. The number of aromatic nitrogens is 1.